The van der Waals surface area contributed by atoms with Gasteiger partial charge in [-0.3, -0.25) is 0 Å². The summed E-state index contributed by atoms with van der Waals surface area (Å²) in [5.41, 5.74) is 6.33. The monoisotopic (exact) mass is 237 g/mol. The van der Waals surface area contributed by atoms with Crippen molar-refractivity contribution in [2.75, 3.05) is 12.3 Å². The second-order valence-corrected chi connectivity index (χ2v) is 4.76. The molecular weight excluding hydrogens is 214 g/mol. The third kappa shape index (κ3) is 4.17. The van der Waals surface area contributed by atoms with Gasteiger partial charge in [0, 0.05) is 6.07 Å². The molecule has 17 heavy (non-hydrogen) atoms. The van der Waals surface area contributed by atoms with E-state index in [0.29, 0.717) is 18.0 Å². The molecule has 0 saturated heterocycles. The highest BCUT2D eigenvalue weighted by Crippen LogP contribution is 2.29. The Hall–Kier alpha value is -1.38. The topological polar surface area (TPSA) is 44.5 Å². The Bertz CT molecular complexity index is 361. The summed E-state index contributed by atoms with van der Waals surface area (Å²) >= 11 is 0. The number of hydrogen-bond donors (Lipinski definition) is 1. The largest absolute Gasteiger partial charge is 0.491 e. The molecule has 1 aromatic rings. The predicted molar refractivity (Wildman–Crippen MR) is 71.6 cm³/mol. The molecule has 1 aromatic carbocycles. The van der Waals surface area contributed by atoms with E-state index in [2.05, 4.69) is 27.7 Å². The molecule has 0 aromatic heterocycles. The van der Waals surface area contributed by atoms with Gasteiger partial charge in [0.2, 0.25) is 0 Å². The lowest BCUT2D eigenvalue weighted by molar-refractivity contribution is 0.105. The fraction of sp³-hybridized carbons (Fsp3) is 0.571. The van der Waals surface area contributed by atoms with Gasteiger partial charge in [0.05, 0.1) is 12.3 Å². The third-order valence-corrected chi connectivity index (χ3v) is 2.69. The first-order chi connectivity index (χ1) is 7.98. The summed E-state index contributed by atoms with van der Waals surface area (Å²) in [6.07, 6.45) is 1.91. The van der Waals surface area contributed by atoms with Crippen molar-refractivity contribution in [2.24, 2.45) is 0 Å². The van der Waals surface area contributed by atoms with Crippen molar-refractivity contribution in [1.82, 2.24) is 0 Å². The van der Waals surface area contributed by atoms with Gasteiger partial charge in [0.25, 0.3) is 0 Å². The van der Waals surface area contributed by atoms with Gasteiger partial charge in [0.1, 0.15) is 17.1 Å². The lowest BCUT2D eigenvalue weighted by atomic mass is 10.1. The number of nitrogen functional groups attached to an aromatic ring is 1. The third-order valence-electron chi connectivity index (χ3n) is 2.69. The van der Waals surface area contributed by atoms with Crippen LogP contribution < -0.4 is 15.2 Å². The van der Waals surface area contributed by atoms with Crippen LogP contribution in [0.2, 0.25) is 0 Å². The summed E-state index contributed by atoms with van der Waals surface area (Å²) in [6, 6.07) is 5.57. The zero-order valence-electron chi connectivity index (χ0n) is 11.2. The Morgan fingerprint density at radius 1 is 1.24 bits per heavy atom. The molecule has 0 unspecified atom stereocenters. The van der Waals surface area contributed by atoms with Crippen molar-refractivity contribution in [3.8, 4) is 11.5 Å². The quantitative estimate of drug-likeness (QED) is 0.768. The summed E-state index contributed by atoms with van der Waals surface area (Å²) in [5.74, 6) is 1.51. The maximum Gasteiger partial charge on any atom is 0.145 e. The molecule has 3 nitrogen and oxygen atoms in total. The van der Waals surface area contributed by atoms with E-state index in [1.165, 1.54) is 0 Å². The summed E-state index contributed by atoms with van der Waals surface area (Å²) in [5, 5.41) is 0. The van der Waals surface area contributed by atoms with E-state index in [4.69, 9.17) is 15.2 Å². The second-order valence-electron chi connectivity index (χ2n) is 4.76. The lowest BCUT2D eigenvalue weighted by Crippen LogP contribution is -2.26. The van der Waals surface area contributed by atoms with Gasteiger partial charge in [-0.2, -0.15) is 0 Å². The molecule has 0 saturated carbocycles. The van der Waals surface area contributed by atoms with Crippen LogP contribution in [0, 0.1) is 0 Å². The number of anilines is 1. The van der Waals surface area contributed by atoms with E-state index in [1.807, 2.05) is 18.2 Å². The van der Waals surface area contributed by atoms with Crippen LogP contribution in [0.3, 0.4) is 0 Å². The molecule has 0 aliphatic rings. The molecule has 2 N–H and O–H groups in total. The van der Waals surface area contributed by atoms with Crippen LogP contribution >= 0.6 is 0 Å². The smallest absolute Gasteiger partial charge is 0.145 e. The molecule has 0 heterocycles. The SMILES string of the molecule is CCCOc1cc(OC(C)(C)CC)ccc1N. The summed E-state index contributed by atoms with van der Waals surface area (Å²) in [4.78, 5) is 0. The minimum Gasteiger partial charge on any atom is -0.491 e. The Balaban J connectivity index is 2.81. The number of nitrogens with two attached hydrogens (primary N) is 1. The highest BCUT2D eigenvalue weighted by Gasteiger charge is 2.17. The van der Waals surface area contributed by atoms with Gasteiger partial charge < -0.3 is 15.2 Å². The molecular formula is C14H23NO2. The number of rotatable bonds is 6. The van der Waals surface area contributed by atoms with Gasteiger partial charge in [-0.1, -0.05) is 13.8 Å². The summed E-state index contributed by atoms with van der Waals surface area (Å²) in [7, 11) is 0. The Morgan fingerprint density at radius 3 is 2.53 bits per heavy atom. The fourth-order valence-electron chi connectivity index (χ4n) is 1.31. The van der Waals surface area contributed by atoms with E-state index in [1.54, 1.807) is 0 Å². The Kier molecular flexibility index (Phi) is 4.67. The van der Waals surface area contributed by atoms with Crippen molar-refractivity contribution >= 4 is 5.69 Å². The van der Waals surface area contributed by atoms with Crippen LogP contribution in [0.1, 0.15) is 40.5 Å². The first kappa shape index (κ1) is 13.7. The average molecular weight is 237 g/mol. The highest BCUT2D eigenvalue weighted by molar-refractivity contribution is 5.55. The van der Waals surface area contributed by atoms with E-state index in [9.17, 15) is 0 Å². The maximum atomic E-state index is 5.89. The Morgan fingerprint density at radius 2 is 1.94 bits per heavy atom. The van der Waals surface area contributed by atoms with Crippen LogP contribution in [0.15, 0.2) is 18.2 Å². The zero-order valence-corrected chi connectivity index (χ0v) is 11.2. The highest BCUT2D eigenvalue weighted by atomic mass is 16.5. The molecule has 0 aliphatic heterocycles. The van der Waals surface area contributed by atoms with Crippen LogP contribution in [0.4, 0.5) is 5.69 Å². The lowest BCUT2D eigenvalue weighted by Gasteiger charge is -2.25. The average Bonchev–Trinajstić information content (AvgIpc) is 2.29. The van der Waals surface area contributed by atoms with Crippen LogP contribution in [0.25, 0.3) is 0 Å². The molecule has 96 valence electrons. The van der Waals surface area contributed by atoms with Crippen molar-refractivity contribution in [3.05, 3.63) is 18.2 Å². The number of hydrogen-bond acceptors (Lipinski definition) is 3. The molecule has 0 bridgehead atoms. The fourth-order valence-corrected chi connectivity index (χ4v) is 1.31. The normalized spacial score (nSPS) is 11.3. The van der Waals surface area contributed by atoms with Crippen molar-refractivity contribution in [2.45, 2.75) is 46.1 Å². The minimum atomic E-state index is -0.169. The molecule has 0 fully saturated rings. The molecule has 0 amide bonds. The Labute approximate surface area is 104 Å². The molecule has 0 radical (unpaired) electrons. The van der Waals surface area contributed by atoms with Crippen LogP contribution in [-0.2, 0) is 0 Å². The minimum absolute atomic E-state index is 0.169. The van der Waals surface area contributed by atoms with E-state index in [-0.39, 0.29) is 5.60 Å². The molecule has 0 atom stereocenters. The molecule has 0 aliphatic carbocycles. The standard InChI is InChI=1S/C14H23NO2/c1-5-9-16-13-10-11(7-8-12(13)15)17-14(3,4)6-2/h7-8,10H,5-6,9,15H2,1-4H3. The van der Waals surface area contributed by atoms with Gasteiger partial charge in [-0.25, -0.2) is 0 Å². The van der Waals surface area contributed by atoms with Gasteiger partial charge >= 0.3 is 0 Å². The van der Waals surface area contributed by atoms with Gasteiger partial charge in [-0.05, 0) is 38.8 Å². The van der Waals surface area contributed by atoms with Crippen LogP contribution in [-0.4, -0.2) is 12.2 Å². The summed E-state index contributed by atoms with van der Waals surface area (Å²) < 4.78 is 11.5. The first-order valence-corrected chi connectivity index (χ1v) is 6.20. The predicted octanol–water partition coefficient (Wildman–Crippen LogP) is 3.63. The van der Waals surface area contributed by atoms with E-state index < -0.39 is 0 Å². The zero-order chi connectivity index (χ0) is 12.9. The molecule has 3 heteroatoms. The number of ether oxygens (including phenoxy) is 2. The van der Waals surface area contributed by atoms with Crippen molar-refractivity contribution < 1.29 is 9.47 Å². The first-order valence-electron chi connectivity index (χ1n) is 6.20. The molecule has 1 rings (SSSR count). The van der Waals surface area contributed by atoms with Crippen molar-refractivity contribution in [1.29, 1.82) is 0 Å². The number of benzene rings is 1. The maximum absolute atomic E-state index is 5.89. The van der Waals surface area contributed by atoms with Gasteiger partial charge in [0.15, 0.2) is 0 Å². The van der Waals surface area contributed by atoms with Gasteiger partial charge in [-0.15, -0.1) is 0 Å². The molecule has 0 spiro atoms. The van der Waals surface area contributed by atoms with Crippen molar-refractivity contribution in [3.63, 3.8) is 0 Å². The van der Waals surface area contributed by atoms with E-state index in [0.717, 1.165) is 18.6 Å². The second kappa shape index (κ2) is 5.80. The summed E-state index contributed by atoms with van der Waals surface area (Å²) in [6.45, 7) is 8.97. The van der Waals surface area contributed by atoms with E-state index >= 15 is 0 Å². The van der Waals surface area contributed by atoms with Crippen LogP contribution in [0.5, 0.6) is 11.5 Å².